The van der Waals surface area contributed by atoms with Crippen molar-refractivity contribution in [2.75, 3.05) is 52.9 Å². The highest BCUT2D eigenvalue weighted by molar-refractivity contribution is 9.10. The van der Waals surface area contributed by atoms with E-state index in [1.165, 1.54) is 12.2 Å². The molecule has 0 heterocycles. The summed E-state index contributed by atoms with van der Waals surface area (Å²) in [5.74, 6) is 10.7. The lowest BCUT2D eigenvalue weighted by Gasteiger charge is -2.10. The molecule has 21 heteroatoms. The predicted molar refractivity (Wildman–Crippen MR) is 441 cm³/mol. The first-order valence-corrected chi connectivity index (χ1v) is 38.2. The third kappa shape index (κ3) is 39.7. The summed E-state index contributed by atoms with van der Waals surface area (Å²) in [5, 5.41) is 0. The summed E-state index contributed by atoms with van der Waals surface area (Å²) in [4.78, 5) is 92.2. The molecule has 0 aliphatic heterocycles. The zero-order chi connectivity index (χ0) is 80.6. The van der Waals surface area contributed by atoms with Crippen molar-refractivity contribution in [3.8, 4) is 70.2 Å². The second-order valence-electron chi connectivity index (χ2n) is 24.7. The molecule has 0 fully saturated rings. The summed E-state index contributed by atoms with van der Waals surface area (Å²) in [6.07, 6.45) is 24.1. The van der Waals surface area contributed by atoms with Gasteiger partial charge >= 0.3 is 35.8 Å². The van der Waals surface area contributed by atoms with Gasteiger partial charge in [-0.3, -0.25) is 0 Å². The molecule has 8 aromatic carbocycles. The minimum Gasteiger partial charge on any atom is -0.494 e. The minimum atomic E-state index is -0.549. The SMILES string of the molecule is C.C#Cc1ccccc1.C=CC(=O)OCCCCCCOc1ccc(OOCc2ccc(C(=O)Oc3ccc(OCCCCCCOC(=O)C=C)cc3)c(Br)c2)cc1.C=CC(=O)OCCCCCCOc1ccc(OOCc2ccc(C(=O)Oc3ccc(OCCCCCCOC(=O)C=C)cc3)c(C#Cc3ccccc3)c2)cc1. The molecule has 0 aliphatic rings. The summed E-state index contributed by atoms with van der Waals surface area (Å²) in [6, 6.07) is 57.6. The highest BCUT2D eigenvalue weighted by atomic mass is 79.9. The quantitative estimate of drug-likeness (QED) is 0.00504. The standard InChI is InChI=1S/C46H48O10.C38H43BrO10.C8H6.CH4/c1-3-44(47)52-32-14-7-5-12-30-50-39-21-25-41(26-22-39)55-46(49)43-29-19-37(34-38(43)20-18-36-16-10-9-11-17-36)35-54-56-42-27-23-40(24-28-42)51-31-13-6-8-15-33-53-45(48)4-2;1-3-36(40)45-25-11-7-5-9-23-43-30-14-18-32(19-15-30)48-38(42)34-22-13-29(27-35(34)39)28-47-49-33-20-16-31(17-21-33)44-24-10-6-8-12-26-46-37(41)4-2;1-2-8-6-4-3-5-7-8;/h3-4,9-11,16-17,19,21-29,34H,1-2,5-8,12-15,30-33,35H2;3-4,13-22,27H,1-2,5-12,23-26,28H2;1,3-7H;1H4. The number of carbonyl (C=O) groups is 6. The summed E-state index contributed by atoms with van der Waals surface area (Å²) in [5.41, 5.74) is 4.44. The summed E-state index contributed by atoms with van der Waals surface area (Å²) in [6.45, 7) is 17.6. The number of esters is 6. The lowest BCUT2D eigenvalue weighted by molar-refractivity contribution is -0.217. The van der Waals surface area contributed by atoms with Crippen molar-refractivity contribution in [1.82, 2.24) is 0 Å². The van der Waals surface area contributed by atoms with Gasteiger partial charge in [0.05, 0.1) is 64.0 Å². The van der Waals surface area contributed by atoms with E-state index in [2.05, 4.69) is 60.0 Å². The number of hydrogen-bond acceptors (Lipinski definition) is 20. The topological polar surface area (TPSA) is 232 Å². The maximum absolute atomic E-state index is 13.4. The Bertz CT molecular complexity index is 4300. The maximum atomic E-state index is 13.4. The molecular formula is C93H101BrO20. The number of terminal acetylenes is 1. The van der Waals surface area contributed by atoms with E-state index in [0.29, 0.717) is 109 Å². The molecule has 0 atom stereocenters. The van der Waals surface area contributed by atoms with Gasteiger partial charge in [-0.25, -0.2) is 28.8 Å². The number of carbonyl (C=O) groups excluding carboxylic acids is 6. The van der Waals surface area contributed by atoms with Crippen LogP contribution in [0.4, 0.5) is 0 Å². The second kappa shape index (κ2) is 57.0. The zero-order valence-electron chi connectivity index (χ0n) is 63.6. The number of ether oxygens (including phenoxy) is 10. The Morgan fingerprint density at radius 1 is 0.333 bits per heavy atom. The van der Waals surface area contributed by atoms with Gasteiger partial charge in [0.25, 0.3) is 0 Å². The van der Waals surface area contributed by atoms with Crippen LogP contribution >= 0.6 is 15.9 Å². The molecule has 0 saturated heterocycles. The van der Waals surface area contributed by atoms with Crippen LogP contribution in [0.1, 0.15) is 159 Å². The first-order chi connectivity index (χ1) is 55.2. The third-order valence-electron chi connectivity index (χ3n) is 16.0. The van der Waals surface area contributed by atoms with Crippen molar-refractivity contribution in [2.45, 2.75) is 123 Å². The van der Waals surface area contributed by atoms with Crippen LogP contribution in [-0.2, 0) is 61.1 Å². The van der Waals surface area contributed by atoms with Gasteiger partial charge in [0.2, 0.25) is 0 Å². The van der Waals surface area contributed by atoms with Gasteiger partial charge < -0.3 is 57.1 Å². The highest BCUT2D eigenvalue weighted by Gasteiger charge is 2.17. The number of benzene rings is 8. The van der Waals surface area contributed by atoms with E-state index in [1.807, 2.05) is 84.9 Å². The van der Waals surface area contributed by atoms with Gasteiger partial charge in [0, 0.05) is 45.5 Å². The molecule has 114 heavy (non-hydrogen) atoms. The monoisotopic (exact) mass is 1620 g/mol. The largest absolute Gasteiger partial charge is 0.494 e. The molecule has 0 aliphatic carbocycles. The normalized spacial score (nSPS) is 10.1. The Hall–Kier alpha value is -12.1. The molecule has 0 N–H and O–H groups in total. The van der Waals surface area contributed by atoms with Crippen LogP contribution in [-0.4, -0.2) is 88.7 Å². The van der Waals surface area contributed by atoms with Gasteiger partial charge in [0.15, 0.2) is 11.5 Å². The molecule has 0 spiro atoms. The van der Waals surface area contributed by atoms with Gasteiger partial charge in [0.1, 0.15) is 47.7 Å². The third-order valence-corrected chi connectivity index (χ3v) is 16.6. The Balaban J connectivity index is 0.000000369. The van der Waals surface area contributed by atoms with Crippen LogP contribution < -0.4 is 38.2 Å². The lowest BCUT2D eigenvalue weighted by atomic mass is 10.0. The summed E-state index contributed by atoms with van der Waals surface area (Å²) in [7, 11) is 0. The first kappa shape index (κ1) is 92.5. The molecule has 600 valence electrons. The number of halogens is 1. The number of rotatable bonds is 48. The van der Waals surface area contributed by atoms with Crippen molar-refractivity contribution in [1.29, 1.82) is 0 Å². The molecule has 0 bridgehead atoms. The van der Waals surface area contributed by atoms with Crippen LogP contribution in [0.25, 0.3) is 0 Å². The molecule has 0 unspecified atom stereocenters. The van der Waals surface area contributed by atoms with Crippen molar-refractivity contribution in [2.24, 2.45) is 0 Å². The molecule has 20 nitrogen and oxygen atoms in total. The van der Waals surface area contributed by atoms with Crippen molar-refractivity contribution < 1.29 is 95.7 Å². The van der Waals surface area contributed by atoms with E-state index in [9.17, 15) is 28.8 Å². The summed E-state index contributed by atoms with van der Waals surface area (Å²) >= 11 is 3.45. The molecule has 0 saturated carbocycles. The highest BCUT2D eigenvalue weighted by Crippen LogP contribution is 2.27. The molecule has 0 amide bonds. The Morgan fingerprint density at radius 3 is 0.956 bits per heavy atom. The average Bonchev–Trinajstić information content (AvgIpc) is 0.846. The maximum Gasteiger partial charge on any atom is 0.344 e. The number of hydrogen-bond donors (Lipinski definition) is 0. The van der Waals surface area contributed by atoms with E-state index in [-0.39, 0.29) is 20.6 Å². The van der Waals surface area contributed by atoms with Crippen molar-refractivity contribution in [3.05, 3.63) is 288 Å². The average molecular weight is 1620 g/mol. The molecule has 8 aromatic rings. The summed E-state index contributed by atoms with van der Waals surface area (Å²) < 4.78 is 54.8. The van der Waals surface area contributed by atoms with E-state index < -0.39 is 35.8 Å². The fourth-order valence-corrected chi connectivity index (χ4v) is 10.5. The van der Waals surface area contributed by atoms with E-state index in [4.69, 9.17) is 73.3 Å². The smallest absolute Gasteiger partial charge is 0.344 e. The molecule has 8 rings (SSSR count). The molecule has 0 radical (unpaired) electrons. The predicted octanol–water partition coefficient (Wildman–Crippen LogP) is 20.0. The van der Waals surface area contributed by atoms with Crippen LogP contribution in [0.5, 0.6) is 46.0 Å². The zero-order valence-corrected chi connectivity index (χ0v) is 65.2. The Kier molecular flexibility index (Phi) is 46.2. The van der Waals surface area contributed by atoms with Crippen LogP contribution in [0.3, 0.4) is 0 Å². The van der Waals surface area contributed by atoms with Crippen LogP contribution in [0, 0.1) is 24.2 Å². The first-order valence-electron chi connectivity index (χ1n) is 37.4. The van der Waals surface area contributed by atoms with Crippen LogP contribution in [0.2, 0.25) is 0 Å². The Morgan fingerprint density at radius 2 is 0.632 bits per heavy atom. The fraction of sp³-hybridized carbons (Fsp3) is 0.290. The van der Waals surface area contributed by atoms with Crippen molar-refractivity contribution in [3.63, 3.8) is 0 Å². The van der Waals surface area contributed by atoms with Gasteiger partial charge in [-0.1, -0.05) is 100 Å². The molecular weight excluding hydrogens is 1520 g/mol. The molecule has 0 aromatic heterocycles. The van der Waals surface area contributed by atoms with Crippen LogP contribution in [0.15, 0.2) is 249 Å². The minimum absolute atomic E-state index is 0. The van der Waals surface area contributed by atoms with Gasteiger partial charge in [-0.15, -0.1) is 6.42 Å². The fourth-order valence-electron chi connectivity index (χ4n) is 9.94. The Labute approximate surface area is 678 Å². The lowest BCUT2D eigenvalue weighted by Crippen LogP contribution is -2.11. The van der Waals surface area contributed by atoms with Crippen molar-refractivity contribution >= 4 is 51.7 Å². The van der Waals surface area contributed by atoms with E-state index >= 15 is 0 Å². The van der Waals surface area contributed by atoms with E-state index in [1.54, 1.807) is 109 Å². The van der Waals surface area contributed by atoms with Gasteiger partial charge in [-0.05, 0) is 275 Å². The van der Waals surface area contributed by atoms with Gasteiger partial charge in [-0.2, -0.15) is 9.78 Å². The second-order valence-corrected chi connectivity index (χ2v) is 25.6. The number of unbranched alkanes of at least 4 members (excludes halogenated alkanes) is 12. The van der Waals surface area contributed by atoms with E-state index in [0.717, 1.165) is 149 Å².